The van der Waals surface area contributed by atoms with Crippen molar-refractivity contribution in [3.63, 3.8) is 0 Å². The number of ether oxygens (including phenoxy) is 2. The van der Waals surface area contributed by atoms with E-state index in [2.05, 4.69) is 5.32 Å². The first-order valence-corrected chi connectivity index (χ1v) is 11.6. The minimum atomic E-state index is -3.67. The van der Waals surface area contributed by atoms with Crippen LogP contribution in [0, 0.1) is 6.92 Å². The van der Waals surface area contributed by atoms with Crippen LogP contribution in [-0.2, 0) is 14.8 Å². The quantitative estimate of drug-likeness (QED) is 0.654. The minimum Gasteiger partial charge on any atom is -0.493 e. The lowest BCUT2D eigenvalue weighted by Gasteiger charge is -2.30. The standard InChI is InChI=1S/C22H30N2O5S/c1-7-19(17-11-12-20(28-4)21(14-17)29-5)23-22(25)16(3)24(30(6,26)27)18-10-8-9-15(2)13-18/h8-14,16,19H,7H2,1-6H3,(H,23,25)/t16-,19-/m1/s1. The van der Waals surface area contributed by atoms with Crippen LogP contribution in [0.5, 0.6) is 11.5 Å². The van der Waals surface area contributed by atoms with Crippen LogP contribution in [0.1, 0.15) is 37.4 Å². The number of hydrogen-bond acceptors (Lipinski definition) is 5. The molecule has 0 aliphatic carbocycles. The molecule has 2 aromatic carbocycles. The van der Waals surface area contributed by atoms with E-state index in [0.29, 0.717) is 23.6 Å². The van der Waals surface area contributed by atoms with Crippen molar-refractivity contribution >= 4 is 21.6 Å². The van der Waals surface area contributed by atoms with E-state index >= 15 is 0 Å². The molecule has 0 heterocycles. The minimum absolute atomic E-state index is 0.307. The van der Waals surface area contributed by atoms with E-state index in [9.17, 15) is 13.2 Å². The zero-order valence-corrected chi connectivity index (χ0v) is 19.1. The molecule has 0 saturated carbocycles. The normalized spacial score (nSPS) is 13.3. The number of rotatable bonds is 9. The first kappa shape index (κ1) is 23.5. The van der Waals surface area contributed by atoms with Gasteiger partial charge in [-0.05, 0) is 55.7 Å². The number of sulfonamides is 1. The molecule has 0 radical (unpaired) electrons. The Morgan fingerprint density at radius 3 is 2.30 bits per heavy atom. The van der Waals surface area contributed by atoms with Gasteiger partial charge in [0.15, 0.2) is 11.5 Å². The van der Waals surface area contributed by atoms with E-state index in [-0.39, 0.29) is 11.9 Å². The van der Waals surface area contributed by atoms with Gasteiger partial charge in [0, 0.05) is 0 Å². The van der Waals surface area contributed by atoms with Gasteiger partial charge in [-0.25, -0.2) is 8.42 Å². The van der Waals surface area contributed by atoms with Gasteiger partial charge >= 0.3 is 0 Å². The first-order chi connectivity index (χ1) is 14.1. The summed E-state index contributed by atoms with van der Waals surface area (Å²) >= 11 is 0. The highest BCUT2D eigenvalue weighted by atomic mass is 32.2. The Kier molecular flexibility index (Phi) is 7.72. The Morgan fingerprint density at radius 1 is 1.10 bits per heavy atom. The van der Waals surface area contributed by atoms with E-state index < -0.39 is 16.1 Å². The molecule has 0 aliphatic heterocycles. The topological polar surface area (TPSA) is 84.9 Å². The third kappa shape index (κ3) is 5.44. The number of anilines is 1. The molecule has 1 N–H and O–H groups in total. The van der Waals surface area contributed by atoms with Gasteiger partial charge in [-0.15, -0.1) is 0 Å². The van der Waals surface area contributed by atoms with E-state index in [0.717, 1.165) is 21.7 Å². The fourth-order valence-electron chi connectivity index (χ4n) is 3.36. The van der Waals surface area contributed by atoms with Crippen molar-refractivity contribution in [3.05, 3.63) is 53.6 Å². The summed E-state index contributed by atoms with van der Waals surface area (Å²) in [7, 11) is -0.560. The first-order valence-electron chi connectivity index (χ1n) is 9.70. The highest BCUT2D eigenvalue weighted by Crippen LogP contribution is 2.31. The summed E-state index contributed by atoms with van der Waals surface area (Å²) in [6, 6.07) is 11.3. The summed E-state index contributed by atoms with van der Waals surface area (Å²) in [5.41, 5.74) is 2.21. The molecule has 30 heavy (non-hydrogen) atoms. The highest BCUT2D eigenvalue weighted by Gasteiger charge is 2.30. The van der Waals surface area contributed by atoms with Crippen LogP contribution in [-0.4, -0.2) is 40.8 Å². The van der Waals surface area contributed by atoms with Crippen molar-refractivity contribution in [1.82, 2.24) is 5.32 Å². The van der Waals surface area contributed by atoms with Crippen LogP contribution in [0.2, 0.25) is 0 Å². The average Bonchev–Trinajstić information content (AvgIpc) is 2.70. The van der Waals surface area contributed by atoms with Crippen molar-refractivity contribution in [2.24, 2.45) is 0 Å². The average molecular weight is 435 g/mol. The lowest BCUT2D eigenvalue weighted by atomic mass is 10.0. The molecule has 1 amide bonds. The number of amides is 1. The molecule has 0 aromatic heterocycles. The predicted octanol–water partition coefficient (Wildman–Crippen LogP) is 3.43. The number of benzene rings is 2. The number of aryl methyl sites for hydroxylation is 1. The number of carbonyl (C=O) groups is 1. The molecular formula is C22H30N2O5S. The molecule has 2 rings (SSSR count). The van der Waals surface area contributed by atoms with Crippen LogP contribution >= 0.6 is 0 Å². The second-order valence-corrected chi connectivity index (χ2v) is 9.02. The zero-order chi connectivity index (χ0) is 22.5. The summed E-state index contributed by atoms with van der Waals surface area (Å²) in [6.45, 7) is 5.40. The Hall–Kier alpha value is -2.74. The van der Waals surface area contributed by atoms with Crippen molar-refractivity contribution < 1.29 is 22.7 Å². The van der Waals surface area contributed by atoms with Crippen molar-refractivity contribution in [2.45, 2.75) is 39.3 Å². The third-order valence-electron chi connectivity index (χ3n) is 4.88. The summed E-state index contributed by atoms with van der Waals surface area (Å²) in [6.07, 6.45) is 1.72. The molecule has 0 bridgehead atoms. The largest absolute Gasteiger partial charge is 0.493 e. The fraction of sp³-hybridized carbons (Fsp3) is 0.409. The molecule has 0 aliphatic rings. The van der Waals surface area contributed by atoms with E-state index in [1.54, 1.807) is 45.4 Å². The molecule has 7 nitrogen and oxygen atoms in total. The van der Waals surface area contributed by atoms with Gasteiger partial charge < -0.3 is 14.8 Å². The number of nitrogens with zero attached hydrogens (tertiary/aromatic N) is 1. The maximum Gasteiger partial charge on any atom is 0.244 e. The molecule has 2 aromatic rings. The van der Waals surface area contributed by atoms with E-state index in [1.165, 1.54) is 0 Å². The maximum atomic E-state index is 13.0. The van der Waals surface area contributed by atoms with Crippen molar-refractivity contribution in [2.75, 3.05) is 24.8 Å². The number of carbonyl (C=O) groups excluding carboxylic acids is 1. The predicted molar refractivity (Wildman–Crippen MR) is 119 cm³/mol. The van der Waals surface area contributed by atoms with Crippen LogP contribution in [0.3, 0.4) is 0 Å². The Labute approximate surface area is 179 Å². The second kappa shape index (κ2) is 9.84. The molecule has 8 heteroatoms. The van der Waals surface area contributed by atoms with Gasteiger partial charge in [-0.2, -0.15) is 0 Å². The Morgan fingerprint density at radius 2 is 1.77 bits per heavy atom. The van der Waals surface area contributed by atoms with Gasteiger partial charge in [0.05, 0.1) is 32.2 Å². The number of hydrogen-bond donors (Lipinski definition) is 1. The number of nitrogens with one attached hydrogen (secondary N) is 1. The van der Waals surface area contributed by atoms with Crippen LogP contribution in [0.4, 0.5) is 5.69 Å². The summed E-state index contributed by atoms with van der Waals surface area (Å²) in [4.78, 5) is 13.0. The fourth-order valence-corrected chi connectivity index (χ4v) is 4.52. The molecule has 0 saturated heterocycles. The van der Waals surface area contributed by atoms with Crippen molar-refractivity contribution in [1.29, 1.82) is 0 Å². The smallest absolute Gasteiger partial charge is 0.244 e. The van der Waals surface area contributed by atoms with Gasteiger partial charge in [-0.3, -0.25) is 9.10 Å². The summed E-state index contributed by atoms with van der Waals surface area (Å²) in [5.74, 6) is 0.773. The monoisotopic (exact) mass is 434 g/mol. The van der Waals surface area contributed by atoms with Gasteiger partial charge in [0.25, 0.3) is 0 Å². The highest BCUT2D eigenvalue weighted by molar-refractivity contribution is 7.92. The molecule has 0 spiro atoms. The molecule has 0 unspecified atom stereocenters. The van der Waals surface area contributed by atoms with E-state index in [4.69, 9.17) is 9.47 Å². The van der Waals surface area contributed by atoms with Crippen LogP contribution in [0.25, 0.3) is 0 Å². The second-order valence-electron chi connectivity index (χ2n) is 7.16. The maximum absolute atomic E-state index is 13.0. The van der Waals surface area contributed by atoms with Crippen LogP contribution < -0.4 is 19.1 Å². The van der Waals surface area contributed by atoms with E-state index in [1.807, 2.05) is 32.0 Å². The molecule has 2 atom stereocenters. The summed E-state index contributed by atoms with van der Waals surface area (Å²) < 4.78 is 36.7. The van der Waals surface area contributed by atoms with Gasteiger partial charge in [0.2, 0.25) is 15.9 Å². The summed E-state index contributed by atoms with van der Waals surface area (Å²) in [5, 5.41) is 2.97. The molecular weight excluding hydrogens is 404 g/mol. The number of methoxy groups -OCH3 is 2. The lowest BCUT2D eigenvalue weighted by Crippen LogP contribution is -2.48. The van der Waals surface area contributed by atoms with Crippen molar-refractivity contribution in [3.8, 4) is 11.5 Å². The SMILES string of the molecule is CC[C@@H](NC(=O)[C@@H](C)N(c1cccc(C)c1)S(C)(=O)=O)c1ccc(OC)c(OC)c1. The van der Waals surface area contributed by atoms with Crippen LogP contribution in [0.15, 0.2) is 42.5 Å². The Bertz CT molecular complexity index is 991. The van der Waals surface area contributed by atoms with Gasteiger partial charge in [-0.1, -0.05) is 25.1 Å². The Balaban J connectivity index is 2.31. The molecule has 0 fully saturated rings. The van der Waals surface area contributed by atoms with Gasteiger partial charge in [0.1, 0.15) is 6.04 Å². The zero-order valence-electron chi connectivity index (χ0n) is 18.3. The lowest BCUT2D eigenvalue weighted by molar-refractivity contribution is -0.122. The molecule has 164 valence electrons. The third-order valence-corrected chi connectivity index (χ3v) is 6.12.